The first-order valence-corrected chi connectivity index (χ1v) is 8.65. The van der Waals surface area contributed by atoms with Crippen LogP contribution in [0.4, 0.5) is 4.39 Å². The highest BCUT2D eigenvalue weighted by molar-refractivity contribution is 6.45. The van der Waals surface area contributed by atoms with Gasteiger partial charge in [0.25, 0.3) is 0 Å². The number of hydrogen-bond donors (Lipinski definition) is 1. The molecular formula is C20H13Cl2FO4. The molecule has 7 heteroatoms. The maximum absolute atomic E-state index is 13.3. The normalized spacial score (nSPS) is 18.1. The number of ether oxygens (including phenoxy) is 1. The summed E-state index contributed by atoms with van der Waals surface area (Å²) < 4.78 is 18.5. The van der Waals surface area contributed by atoms with Crippen LogP contribution in [0.5, 0.6) is 5.75 Å². The lowest BCUT2D eigenvalue weighted by Crippen LogP contribution is -2.33. The van der Waals surface area contributed by atoms with E-state index >= 15 is 0 Å². The number of benzene rings is 2. The molecule has 0 aromatic heterocycles. The average Bonchev–Trinajstić information content (AvgIpc) is 2.90. The minimum atomic E-state index is -1.17. The second-order valence-electron chi connectivity index (χ2n) is 6.20. The summed E-state index contributed by atoms with van der Waals surface area (Å²) in [5, 5.41) is 8.73. The number of carboxylic acids is 1. The van der Waals surface area contributed by atoms with Crippen LogP contribution in [-0.2, 0) is 16.6 Å². The summed E-state index contributed by atoms with van der Waals surface area (Å²) in [6.07, 6.45) is 5.82. The van der Waals surface area contributed by atoms with E-state index in [0.29, 0.717) is 11.1 Å². The molecule has 4 nitrogen and oxygen atoms in total. The molecule has 1 unspecified atom stereocenters. The van der Waals surface area contributed by atoms with Crippen molar-refractivity contribution in [1.82, 2.24) is 0 Å². The zero-order chi connectivity index (χ0) is 19.8. The number of Topliss-reactive ketones (excluding diaryl/α,β-unsaturated/α-hetero) is 1. The Morgan fingerprint density at radius 3 is 2.56 bits per heavy atom. The van der Waals surface area contributed by atoms with Crippen molar-refractivity contribution in [3.05, 3.63) is 62.9 Å². The Balaban J connectivity index is 2.11. The maximum Gasteiger partial charge on any atom is 0.341 e. The molecule has 0 amide bonds. The van der Waals surface area contributed by atoms with E-state index in [9.17, 15) is 14.0 Å². The number of halogens is 3. The van der Waals surface area contributed by atoms with Crippen LogP contribution in [0.1, 0.15) is 27.9 Å². The minimum Gasteiger partial charge on any atom is -0.480 e. The van der Waals surface area contributed by atoms with E-state index in [-0.39, 0.29) is 40.0 Å². The van der Waals surface area contributed by atoms with Gasteiger partial charge in [0.05, 0.1) is 10.4 Å². The number of aliphatic carboxylic acids is 1. The molecule has 1 aliphatic rings. The van der Waals surface area contributed by atoms with Crippen molar-refractivity contribution < 1.29 is 23.8 Å². The quantitative estimate of drug-likeness (QED) is 0.751. The minimum absolute atomic E-state index is 0.0134. The second kappa shape index (κ2) is 7.22. The molecule has 3 rings (SSSR count). The van der Waals surface area contributed by atoms with Gasteiger partial charge in [0.2, 0.25) is 0 Å². The maximum atomic E-state index is 13.3. The highest BCUT2D eigenvalue weighted by Gasteiger charge is 2.48. The highest BCUT2D eigenvalue weighted by atomic mass is 35.5. The number of rotatable bonds is 5. The number of hydrogen-bond acceptors (Lipinski definition) is 3. The molecular weight excluding hydrogens is 394 g/mol. The van der Waals surface area contributed by atoms with Crippen LogP contribution in [0.3, 0.4) is 0 Å². The lowest BCUT2D eigenvalue weighted by Gasteiger charge is -2.25. The van der Waals surface area contributed by atoms with E-state index in [4.69, 9.17) is 39.5 Å². The van der Waals surface area contributed by atoms with Crippen LogP contribution >= 0.6 is 23.2 Å². The summed E-state index contributed by atoms with van der Waals surface area (Å²) in [6.45, 7) is -0.601. The molecule has 0 aliphatic heterocycles. The number of ketones is 1. The lowest BCUT2D eigenvalue weighted by atomic mass is 9.74. The van der Waals surface area contributed by atoms with E-state index in [1.165, 1.54) is 30.3 Å². The van der Waals surface area contributed by atoms with Gasteiger partial charge in [-0.2, -0.15) is 0 Å². The van der Waals surface area contributed by atoms with Crippen molar-refractivity contribution in [2.24, 2.45) is 0 Å². The number of carboxylic acid groups (broad SMARTS) is 1. The molecule has 138 valence electrons. The number of carbonyl (C=O) groups is 2. The molecule has 0 saturated heterocycles. The molecule has 0 radical (unpaired) electrons. The third kappa shape index (κ3) is 3.27. The molecule has 2 aromatic carbocycles. The van der Waals surface area contributed by atoms with Gasteiger partial charge in [-0.25, -0.2) is 9.18 Å². The topological polar surface area (TPSA) is 63.6 Å². The van der Waals surface area contributed by atoms with Crippen molar-refractivity contribution >= 4 is 35.0 Å². The average molecular weight is 407 g/mol. The first kappa shape index (κ1) is 19.2. The fraction of sp³-hybridized carbons (Fsp3) is 0.200. The van der Waals surface area contributed by atoms with Crippen LogP contribution in [0.15, 0.2) is 30.3 Å². The molecule has 1 atom stereocenters. The summed E-state index contributed by atoms with van der Waals surface area (Å²) in [4.78, 5) is 24.0. The molecule has 2 aromatic rings. The smallest absolute Gasteiger partial charge is 0.341 e. The Morgan fingerprint density at radius 1 is 1.30 bits per heavy atom. The predicted molar refractivity (Wildman–Crippen MR) is 99.2 cm³/mol. The summed E-state index contributed by atoms with van der Waals surface area (Å²) in [7, 11) is 0. The van der Waals surface area contributed by atoms with Gasteiger partial charge in [-0.05, 0) is 35.7 Å². The zero-order valence-corrected chi connectivity index (χ0v) is 15.4. The largest absolute Gasteiger partial charge is 0.480 e. The van der Waals surface area contributed by atoms with Gasteiger partial charge < -0.3 is 9.84 Å². The highest BCUT2D eigenvalue weighted by Crippen LogP contribution is 2.48. The van der Waals surface area contributed by atoms with Gasteiger partial charge in [0.15, 0.2) is 12.4 Å². The second-order valence-corrected chi connectivity index (χ2v) is 6.95. The zero-order valence-electron chi connectivity index (χ0n) is 13.9. The summed E-state index contributed by atoms with van der Waals surface area (Å²) in [6, 6.07) is 7.08. The van der Waals surface area contributed by atoms with Gasteiger partial charge >= 0.3 is 5.97 Å². The standard InChI is InChI=1S/C20H13Cl2FO4/c1-2-7-20(12-3-5-13(23)6-4-12)9-11-8-14(27-10-15(24)25)17(21)18(22)16(11)19(20)26/h1,3-6,8H,7,9-10H2,(H,24,25). The summed E-state index contributed by atoms with van der Waals surface area (Å²) in [5.41, 5.74) is 0.255. The summed E-state index contributed by atoms with van der Waals surface area (Å²) >= 11 is 12.5. The van der Waals surface area contributed by atoms with Gasteiger partial charge in [0.1, 0.15) is 16.6 Å². The van der Waals surface area contributed by atoms with E-state index in [0.717, 1.165) is 0 Å². The van der Waals surface area contributed by atoms with Crippen LogP contribution in [0.2, 0.25) is 10.0 Å². The lowest BCUT2D eigenvalue weighted by molar-refractivity contribution is -0.139. The Kier molecular flexibility index (Phi) is 5.14. The van der Waals surface area contributed by atoms with Crippen molar-refractivity contribution in [3.63, 3.8) is 0 Å². The predicted octanol–water partition coefficient (Wildman–Crippen LogP) is 4.30. The number of terminal acetylenes is 1. The molecule has 1 N–H and O–H groups in total. The molecule has 0 fully saturated rings. The monoisotopic (exact) mass is 406 g/mol. The molecule has 1 aliphatic carbocycles. The Morgan fingerprint density at radius 2 is 1.96 bits per heavy atom. The van der Waals surface area contributed by atoms with Gasteiger partial charge in [0, 0.05) is 12.0 Å². The molecule has 0 saturated carbocycles. The third-order valence-corrected chi connectivity index (χ3v) is 5.41. The Labute approximate surface area is 164 Å². The molecule has 0 bridgehead atoms. The van der Waals surface area contributed by atoms with Gasteiger partial charge in [-0.3, -0.25) is 4.79 Å². The van der Waals surface area contributed by atoms with Gasteiger partial charge in [-0.15, -0.1) is 12.3 Å². The summed E-state index contributed by atoms with van der Waals surface area (Å²) in [5.74, 6) is 0.684. The molecule has 0 heterocycles. The van der Waals surface area contributed by atoms with Crippen molar-refractivity contribution in [1.29, 1.82) is 0 Å². The number of fused-ring (bicyclic) bond motifs is 1. The first-order chi connectivity index (χ1) is 12.8. The van der Waals surface area contributed by atoms with Crippen LogP contribution < -0.4 is 4.74 Å². The van der Waals surface area contributed by atoms with Gasteiger partial charge in [-0.1, -0.05) is 35.3 Å². The first-order valence-electron chi connectivity index (χ1n) is 7.90. The van der Waals surface area contributed by atoms with Crippen LogP contribution in [-0.4, -0.2) is 23.5 Å². The van der Waals surface area contributed by atoms with Crippen LogP contribution in [0.25, 0.3) is 0 Å². The third-order valence-electron chi connectivity index (χ3n) is 4.56. The molecule has 27 heavy (non-hydrogen) atoms. The Hall–Kier alpha value is -2.55. The molecule has 0 spiro atoms. The van der Waals surface area contributed by atoms with Crippen molar-refractivity contribution in [2.45, 2.75) is 18.3 Å². The SMILES string of the molecule is C#CCC1(c2ccc(F)cc2)Cc2cc(OCC(=O)O)c(Cl)c(Cl)c2C1=O. The fourth-order valence-electron chi connectivity index (χ4n) is 3.35. The van der Waals surface area contributed by atoms with Crippen molar-refractivity contribution in [3.8, 4) is 18.1 Å². The van der Waals surface area contributed by atoms with Crippen molar-refractivity contribution in [2.75, 3.05) is 6.61 Å². The fourth-order valence-corrected chi connectivity index (χ4v) is 3.85. The number of carbonyl (C=O) groups excluding carboxylic acids is 1. The van der Waals surface area contributed by atoms with Crippen LogP contribution in [0, 0.1) is 18.2 Å². The van der Waals surface area contributed by atoms with E-state index < -0.39 is 23.8 Å². The Bertz CT molecular complexity index is 979. The van der Waals surface area contributed by atoms with E-state index in [1.54, 1.807) is 0 Å². The van der Waals surface area contributed by atoms with E-state index in [2.05, 4.69) is 5.92 Å². The van der Waals surface area contributed by atoms with E-state index in [1.807, 2.05) is 0 Å².